The van der Waals surface area contributed by atoms with E-state index in [1.807, 2.05) is 30.3 Å². The Kier molecular flexibility index (Phi) is 8.97. The van der Waals surface area contributed by atoms with E-state index < -0.39 is 39.1 Å². The molecule has 0 unspecified atom stereocenters. The molecule has 1 amide bonds. The molecule has 0 saturated heterocycles. The number of benzene rings is 2. The summed E-state index contributed by atoms with van der Waals surface area (Å²) in [5, 5.41) is 0. The van der Waals surface area contributed by atoms with Crippen LogP contribution in [-0.4, -0.2) is 43.2 Å². The molecule has 3 aromatic rings. The van der Waals surface area contributed by atoms with Gasteiger partial charge >= 0.3 is 6.18 Å². The number of sulfonamides is 1. The van der Waals surface area contributed by atoms with Gasteiger partial charge in [-0.1, -0.05) is 50.2 Å². The largest absolute Gasteiger partial charge is 0.467 e. The first-order valence-corrected chi connectivity index (χ1v) is 12.9. The van der Waals surface area contributed by atoms with E-state index in [2.05, 4.69) is 0 Å². The van der Waals surface area contributed by atoms with Gasteiger partial charge in [0.25, 0.3) is 0 Å². The molecule has 194 valence electrons. The zero-order chi connectivity index (χ0) is 26.3. The Morgan fingerprint density at radius 3 is 2.33 bits per heavy atom. The normalized spacial score (nSPS) is 12.3. The Balaban J connectivity index is 1.86. The molecule has 0 bridgehead atoms. The van der Waals surface area contributed by atoms with E-state index in [0.29, 0.717) is 24.8 Å². The van der Waals surface area contributed by atoms with Gasteiger partial charge in [-0.2, -0.15) is 17.5 Å². The summed E-state index contributed by atoms with van der Waals surface area (Å²) >= 11 is 0. The molecule has 6 nitrogen and oxygen atoms in total. The van der Waals surface area contributed by atoms with Gasteiger partial charge in [-0.3, -0.25) is 4.79 Å². The van der Waals surface area contributed by atoms with Crippen LogP contribution in [0, 0.1) is 5.92 Å². The van der Waals surface area contributed by atoms with E-state index in [9.17, 15) is 26.4 Å². The highest BCUT2D eigenvalue weighted by molar-refractivity contribution is 7.89. The molecule has 0 aliphatic rings. The number of carbonyl (C=O) groups is 1. The molecule has 36 heavy (non-hydrogen) atoms. The molecule has 3 rings (SSSR count). The summed E-state index contributed by atoms with van der Waals surface area (Å²) in [6.07, 6.45) is -2.67. The van der Waals surface area contributed by atoms with Crippen LogP contribution in [-0.2, 0) is 34.0 Å². The van der Waals surface area contributed by atoms with E-state index in [0.717, 1.165) is 28.1 Å². The summed E-state index contributed by atoms with van der Waals surface area (Å²) in [4.78, 5) is 14.4. The fourth-order valence-corrected chi connectivity index (χ4v) is 5.28. The van der Waals surface area contributed by atoms with Crippen LogP contribution in [0.4, 0.5) is 13.2 Å². The number of carbonyl (C=O) groups excluding carboxylic acids is 1. The monoisotopic (exact) mass is 522 g/mol. The first-order chi connectivity index (χ1) is 17.0. The smallest absolute Gasteiger partial charge is 0.416 e. The molecule has 0 aliphatic heterocycles. The molecule has 1 heterocycles. The minimum atomic E-state index is -4.69. The first kappa shape index (κ1) is 27.5. The Bertz CT molecular complexity index is 1230. The lowest BCUT2D eigenvalue weighted by atomic mass is 10.1. The number of rotatable bonds is 11. The minimum Gasteiger partial charge on any atom is -0.467 e. The van der Waals surface area contributed by atoms with Crippen molar-refractivity contribution in [2.45, 2.75) is 37.9 Å². The maximum Gasteiger partial charge on any atom is 0.416 e. The Morgan fingerprint density at radius 2 is 1.72 bits per heavy atom. The van der Waals surface area contributed by atoms with Crippen LogP contribution in [0.25, 0.3) is 0 Å². The lowest BCUT2D eigenvalue weighted by Crippen LogP contribution is -2.44. The molecule has 0 N–H and O–H groups in total. The average molecular weight is 523 g/mol. The quantitative estimate of drug-likeness (QED) is 0.346. The number of hydrogen-bond donors (Lipinski definition) is 0. The molecule has 0 atom stereocenters. The van der Waals surface area contributed by atoms with Crippen LogP contribution in [0.1, 0.15) is 30.7 Å². The van der Waals surface area contributed by atoms with Gasteiger partial charge in [0, 0.05) is 13.1 Å². The van der Waals surface area contributed by atoms with Crippen molar-refractivity contribution in [3.8, 4) is 0 Å². The number of alkyl halides is 3. The van der Waals surface area contributed by atoms with E-state index in [-0.39, 0.29) is 19.0 Å². The Morgan fingerprint density at radius 1 is 1.00 bits per heavy atom. The molecule has 0 saturated carbocycles. The van der Waals surface area contributed by atoms with Crippen molar-refractivity contribution >= 4 is 15.9 Å². The molecule has 0 fully saturated rings. The third-order valence-corrected chi connectivity index (χ3v) is 7.28. The number of halogens is 3. The summed E-state index contributed by atoms with van der Waals surface area (Å²) in [7, 11) is -4.37. The molecular formula is C26H29F3N2O4S. The minimum absolute atomic E-state index is 0.0302. The van der Waals surface area contributed by atoms with Gasteiger partial charge in [0.1, 0.15) is 5.76 Å². The fraction of sp³-hybridized carbons (Fsp3) is 0.346. The lowest BCUT2D eigenvalue weighted by molar-refractivity contribution is -0.137. The molecule has 0 radical (unpaired) electrons. The van der Waals surface area contributed by atoms with E-state index in [1.54, 1.807) is 26.0 Å². The Hall–Kier alpha value is -3.11. The highest BCUT2D eigenvalue weighted by Gasteiger charge is 2.34. The second-order valence-corrected chi connectivity index (χ2v) is 10.8. The number of furan rings is 1. The third-order valence-electron chi connectivity index (χ3n) is 5.47. The van der Waals surface area contributed by atoms with Crippen LogP contribution >= 0.6 is 0 Å². The number of nitrogens with zero attached hydrogens (tertiary/aromatic N) is 2. The summed E-state index contributed by atoms with van der Waals surface area (Å²) in [5.74, 6) is -0.104. The first-order valence-electron chi connectivity index (χ1n) is 11.5. The van der Waals surface area contributed by atoms with Crippen molar-refractivity contribution in [2.75, 3.05) is 19.6 Å². The lowest BCUT2D eigenvalue weighted by Gasteiger charge is -2.28. The summed E-state index contributed by atoms with van der Waals surface area (Å²) in [5.41, 5.74) is -0.0629. The standard InChI is InChI=1S/C26H29F3N2O4S/c1-20(2)17-31(36(33,34)24-12-6-10-22(16-24)26(27,28)29)19-25(32)30(18-23-11-7-15-35-23)14-13-21-8-4-3-5-9-21/h3-12,15-16,20H,13-14,17-19H2,1-2H3. The van der Waals surface area contributed by atoms with Crippen LogP contribution in [0.15, 0.2) is 82.3 Å². The fourth-order valence-electron chi connectivity index (χ4n) is 3.68. The molecule has 0 spiro atoms. The van der Waals surface area contributed by atoms with Crippen LogP contribution in [0.5, 0.6) is 0 Å². The molecule has 10 heteroatoms. The van der Waals surface area contributed by atoms with Gasteiger partial charge in [0.15, 0.2) is 0 Å². The zero-order valence-corrected chi connectivity index (χ0v) is 20.9. The topological polar surface area (TPSA) is 70.8 Å². The van der Waals surface area contributed by atoms with Crippen molar-refractivity contribution in [3.63, 3.8) is 0 Å². The van der Waals surface area contributed by atoms with Gasteiger partial charge in [-0.25, -0.2) is 8.42 Å². The number of amides is 1. The summed E-state index contributed by atoms with van der Waals surface area (Å²) < 4.78 is 72.7. The van der Waals surface area contributed by atoms with Crippen molar-refractivity contribution in [1.82, 2.24) is 9.21 Å². The van der Waals surface area contributed by atoms with Gasteiger partial charge in [0.05, 0.1) is 29.8 Å². The van der Waals surface area contributed by atoms with Crippen molar-refractivity contribution < 1.29 is 30.8 Å². The maximum absolute atomic E-state index is 13.4. The Labute approximate surface area is 209 Å². The van der Waals surface area contributed by atoms with Gasteiger partial charge in [-0.15, -0.1) is 0 Å². The van der Waals surface area contributed by atoms with Gasteiger partial charge in [0.2, 0.25) is 15.9 Å². The average Bonchev–Trinajstić information content (AvgIpc) is 3.34. The second kappa shape index (κ2) is 11.7. The van der Waals surface area contributed by atoms with Crippen molar-refractivity contribution in [2.24, 2.45) is 5.92 Å². The summed E-state index contributed by atoms with van der Waals surface area (Å²) in [6.45, 7) is 3.45. The molecular weight excluding hydrogens is 493 g/mol. The van der Waals surface area contributed by atoms with Gasteiger partial charge in [-0.05, 0) is 48.2 Å². The molecule has 0 aliphatic carbocycles. The maximum atomic E-state index is 13.4. The van der Waals surface area contributed by atoms with Crippen LogP contribution < -0.4 is 0 Å². The van der Waals surface area contributed by atoms with E-state index in [4.69, 9.17) is 4.42 Å². The SMILES string of the molecule is CC(C)CN(CC(=O)N(CCc1ccccc1)Cc1ccco1)S(=O)(=O)c1cccc(C(F)(F)F)c1. The summed E-state index contributed by atoms with van der Waals surface area (Å²) in [6, 6.07) is 16.5. The van der Waals surface area contributed by atoms with Crippen LogP contribution in [0.3, 0.4) is 0 Å². The van der Waals surface area contributed by atoms with Crippen LogP contribution in [0.2, 0.25) is 0 Å². The van der Waals surface area contributed by atoms with Crippen molar-refractivity contribution in [3.05, 3.63) is 89.9 Å². The second-order valence-electron chi connectivity index (χ2n) is 8.85. The molecule has 1 aromatic heterocycles. The van der Waals surface area contributed by atoms with Crippen molar-refractivity contribution in [1.29, 1.82) is 0 Å². The van der Waals surface area contributed by atoms with E-state index >= 15 is 0 Å². The predicted molar refractivity (Wildman–Crippen MR) is 129 cm³/mol. The zero-order valence-electron chi connectivity index (χ0n) is 20.1. The van der Waals surface area contributed by atoms with Gasteiger partial charge < -0.3 is 9.32 Å². The third kappa shape index (κ3) is 7.44. The van der Waals surface area contributed by atoms with E-state index in [1.165, 1.54) is 11.2 Å². The highest BCUT2D eigenvalue weighted by Crippen LogP contribution is 2.31. The predicted octanol–water partition coefficient (Wildman–Crippen LogP) is 5.22. The highest BCUT2D eigenvalue weighted by atomic mass is 32.2. The molecule has 2 aromatic carbocycles. The number of hydrogen-bond acceptors (Lipinski definition) is 4.